The van der Waals surface area contributed by atoms with Crippen LogP contribution in [-0.2, 0) is 24.0 Å². The van der Waals surface area contributed by atoms with E-state index in [9.17, 15) is 9.90 Å². The van der Waals surface area contributed by atoms with Crippen molar-refractivity contribution in [3.63, 3.8) is 0 Å². The molecule has 4 aliphatic heterocycles. The van der Waals surface area contributed by atoms with Crippen molar-refractivity contribution in [1.29, 1.82) is 0 Å². The van der Waals surface area contributed by atoms with Gasteiger partial charge in [0.2, 0.25) is 12.1 Å². The van der Waals surface area contributed by atoms with Crippen LogP contribution in [0.1, 0.15) is 56.8 Å². The number of esters is 1. The minimum Gasteiger partial charge on any atom is -0.507 e. The van der Waals surface area contributed by atoms with Gasteiger partial charge in [0.05, 0.1) is 0 Å². The SMILES string of the molecule is C[C@H]1[C@@H](OC(=O)c2cc3ccccc3cc2O)O[C@@H]2O[C@@]3(C)CC[C@H]4[C@H](C)CC[C@@H]1[C@@]24OO3. The van der Waals surface area contributed by atoms with Gasteiger partial charge in [-0.05, 0) is 60.9 Å². The second-order valence-corrected chi connectivity index (χ2v) is 10.4. The first kappa shape index (κ1) is 21.4. The molecule has 7 rings (SSSR count). The number of aromatic hydroxyl groups is 1. The number of carbonyl (C=O) groups excluding carboxylic acids is 1. The van der Waals surface area contributed by atoms with E-state index in [1.54, 1.807) is 12.1 Å². The summed E-state index contributed by atoms with van der Waals surface area (Å²) in [5, 5.41) is 12.2. The Labute approximate surface area is 192 Å². The molecule has 2 bridgehead atoms. The van der Waals surface area contributed by atoms with Crippen LogP contribution in [0.2, 0.25) is 0 Å². The van der Waals surface area contributed by atoms with Crippen molar-refractivity contribution < 1.29 is 33.9 Å². The van der Waals surface area contributed by atoms with Gasteiger partial charge in [0, 0.05) is 18.3 Å². The normalized spacial score (nSPS) is 41.9. The second kappa shape index (κ2) is 7.40. The summed E-state index contributed by atoms with van der Waals surface area (Å²) in [6.45, 7) is 6.16. The van der Waals surface area contributed by atoms with E-state index in [1.165, 1.54) is 0 Å². The zero-order valence-corrected chi connectivity index (χ0v) is 19.2. The van der Waals surface area contributed by atoms with Gasteiger partial charge in [-0.25, -0.2) is 14.6 Å². The van der Waals surface area contributed by atoms with Crippen molar-refractivity contribution in [2.45, 2.75) is 70.4 Å². The largest absolute Gasteiger partial charge is 0.507 e. The maximum Gasteiger partial charge on any atom is 0.344 e. The van der Waals surface area contributed by atoms with Gasteiger partial charge in [0.1, 0.15) is 11.3 Å². The van der Waals surface area contributed by atoms with Crippen molar-refractivity contribution in [1.82, 2.24) is 0 Å². The summed E-state index contributed by atoms with van der Waals surface area (Å²) >= 11 is 0. The van der Waals surface area contributed by atoms with Gasteiger partial charge in [-0.15, -0.1) is 0 Å². The van der Waals surface area contributed by atoms with Gasteiger partial charge >= 0.3 is 5.97 Å². The lowest BCUT2D eigenvalue weighted by Gasteiger charge is -2.59. The highest BCUT2D eigenvalue weighted by Crippen LogP contribution is 2.60. The van der Waals surface area contributed by atoms with E-state index in [0.29, 0.717) is 5.92 Å². The maximum atomic E-state index is 13.1. The first-order chi connectivity index (χ1) is 15.8. The highest BCUT2D eigenvalue weighted by molar-refractivity contribution is 5.98. The van der Waals surface area contributed by atoms with Crippen LogP contribution in [0.5, 0.6) is 5.75 Å². The predicted molar refractivity (Wildman–Crippen MR) is 118 cm³/mol. The van der Waals surface area contributed by atoms with Crippen LogP contribution in [0.3, 0.4) is 0 Å². The zero-order chi connectivity index (χ0) is 23.0. The number of benzene rings is 2. The van der Waals surface area contributed by atoms with E-state index in [-0.39, 0.29) is 29.1 Å². The van der Waals surface area contributed by atoms with E-state index in [1.807, 2.05) is 38.1 Å². The monoisotopic (exact) mass is 454 g/mol. The Hall–Kier alpha value is -2.19. The van der Waals surface area contributed by atoms with Crippen molar-refractivity contribution in [3.05, 3.63) is 42.0 Å². The zero-order valence-electron chi connectivity index (χ0n) is 19.2. The third-order valence-corrected chi connectivity index (χ3v) is 8.40. The number of hydrogen-bond donors (Lipinski definition) is 1. The summed E-state index contributed by atoms with van der Waals surface area (Å²) in [7, 11) is 0. The molecular weight excluding hydrogens is 424 g/mol. The van der Waals surface area contributed by atoms with Crippen LogP contribution >= 0.6 is 0 Å². The topological polar surface area (TPSA) is 83.5 Å². The molecule has 176 valence electrons. The standard InChI is InChI=1S/C26H30O7/c1-14-8-9-20-15(2)23(30-24-26(20)19(14)10-11-25(3,31-24)32-33-26)29-22(28)18-12-16-6-4-5-7-17(16)13-21(18)27/h4-7,12-15,19-20,23-24,27H,8-11H2,1-3H3/t14-,15-,19+,20+,23+,24-,25-,26-/m1/s1. The van der Waals surface area contributed by atoms with E-state index in [2.05, 4.69) is 6.92 Å². The highest BCUT2D eigenvalue weighted by atomic mass is 17.3. The summed E-state index contributed by atoms with van der Waals surface area (Å²) in [6, 6.07) is 10.8. The number of rotatable bonds is 2. The molecule has 2 aromatic carbocycles. The molecule has 8 atom stereocenters. The molecule has 2 aromatic rings. The molecule has 7 heteroatoms. The number of phenolic OH excluding ortho intramolecular Hbond substituents is 1. The van der Waals surface area contributed by atoms with Gasteiger partial charge in [0.25, 0.3) is 0 Å². The van der Waals surface area contributed by atoms with Gasteiger partial charge in [-0.2, -0.15) is 0 Å². The van der Waals surface area contributed by atoms with Gasteiger partial charge < -0.3 is 19.3 Å². The predicted octanol–water partition coefficient (Wildman–Crippen LogP) is 4.91. The van der Waals surface area contributed by atoms with Gasteiger partial charge in [-0.1, -0.05) is 38.1 Å². The van der Waals surface area contributed by atoms with Crippen molar-refractivity contribution >= 4 is 16.7 Å². The summed E-state index contributed by atoms with van der Waals surface area (Å²) < 4.78 is 18.5. The van der Waals surface area contributed by atoms with Crippen molar-refractivity contribution in [2.24, 2.45) is 23.7 Å². The number of carbonyl (C=O) groups is 1. The van der Waals surface area contributed by atoms with Crippen LogP contribution in [0.4, 0.5) is 0 Å². The molecule has 0 radical (unpaired) electrons. The molecule has 1 saturated carbocycles. The summed E-state index contributed by atoms with van der Waals surface area (Å²) in [6.07, 6.45) is 2.15. The molecule has 0 unspecified atom stereocenters. The van der Waals surface area contributed by atoms with E-state index in [0.717, 1.165) is 36.5 Å². The molecule has 0 amide bonds. The Morgan fingerprint density at radius 1 is 1.06 bits per heavy atom. The number of fused-ring (bicyclic) bond motifs is 3. The van der Waals surface area contributed by atoms with Crippen molar-refractivity contribution in [3.8, 4) is 5.75 Å². The van der Waals surface area contributed by atoms with Crippen LogP contribution < -0.4 is 0 Å². The molecule has 33 heavy (non-hydrogen) atoms. The molecule has 1 aliphatic carbocycles. The molecule has 5 aliphatic rings. The highest BCUT2D eigenvalue weighted by Gasteiger charge is 2.69. The summed E-state index contributed by atoms with van der Waals surface area (Å²) in [5.41, 5.74) is -0.587. The van der Waals surface area contributed by atoms with Crippen LogP contribution in [0.15, 0.2) is 36.4 Å². The minimum atomic E-state index is -0.886. The lowest BCUT2D eigenvalue weighted by atomic mass is 9.58. The van der Waals surface area contributed by atoms with Gasteiger partial charge in [0.15, 0.2) is 11.9 Å². The van der Waals surface area contributed by atoms with Crippen LogP contribution in [0.25, 0.3) is 10.8 Å². The van der Waals surface area contributed by atoms with Gasteiger partial charge in [-0.3, -0.25) is 0 Å². The Balaban J connectivity index is 1.31. The lowest BCUT2D eigenvalue weighted by molar-refractivity contribution is -0.576. The molecule has 1 spiro atoms. The minimum absolute atomic E-state index is 0.0584. The molecule has 0 aromatic heterocycles. The Kier molecular flexibility index (Phi) is 4.79. The number of ether oxygens (including phenoxy) is 3. The van der Waals surface area contributed by atoms with Crippen LogP contribution in [-0.4, -0.2) is 35.0 Å². The first-order valence-corrected chi connectivity index (χ1v) is 11.9. The van der Waals surface area contributed by atoms with E-state index in [4.69, 9.17) is 24.0 Å². The third kappa shape index (κ3) is 3.13. The van der Waals surface area contributed by atoms with Crippen LogP contribution in [0, 0.1) is 23.7 Å². The Bertz CT molecular complexity index is 1100. The van der Waals surface area contributed by atoms with E-state index >= 15 is 0 Å². The third-order valence-electron chi connectivity index (χ3n) is 8.40. The molecule has 4 heterocycles. The Morgan fingerprint density at radius 3 is 2.61 bits per heavy atom. The first-order valence-electron chi connectivity index (χ1n) is 11.9. The Morgan fingerprint density at radius 2 is 1.82 bits per heavy atom. The smallest absolute Gasteiger partial charge is 0.344 e. The quantitative estimate of drug-likeness (QED) is 0.510. The molecule has 1 N–H and O–H groups in total. The number of phenols is 1. The molecule has 7 nitrogen and oxygen atoms in total. The number of hydrogen-bond acceptors (Lipinski definition) is 7. The van der Waals surface area contributed by atoms with E-state index < -0.39 is 29.9 Å². The maximum absolute atomic E-state index is 13.1. The lowest BCUT2D eigenvalue weighted by Crippen LogP contribution is -2.70. The molecular formula is C26H30O7. The van der Waals surface area contributed by atoms with Crippen molar-refractivity contribution in [2.75, 3.05) is 0 Å². The summed E-state index contributed by atoms with van der Waals surface area (Å²) in [5.74, 6) is -0.979. The fourth-order valence-electron chi connectivity index (χ4n) is 6.57. The molecule has 5 fully saturated rings. The average molecular weight is 455 g/mol. The fourth-order valence-corrected chi connectivity index (χ4v) is 6.57. The fraction of sp³-hybridized carbons (Fsp3) is 0.577. The average Bonchev–Trinajstić information content (AvgIpc) is 3.02. The summed E-state index contributed by atoms with van der Waals surface area (Å²) in [4.78, 5) is 25.1. The molecule has 4 saturated heterocycles. The second-order valence-electron chi connectivity index (χ2n) is 10.4.